The highest BCUT2D eigenvalue weighted by atomic mass is 32.2. The summed E-state index contributed by atoms with van der Waals surface area (Å²) in [4.78, 5) is 2.47. The van der Waals surface area contributed by atoms with Gasteiger partial charge >= 0.3 is 0 Å². The van der Waals surface area contributed by atoms with Crippen LogP contribution in [0.3, 0.4) is 0 Å². The molecule has 0 fully saturated rings. The van der Waals surface area contributed by atoms with E-state index in [2.05, 4.69) is 30.7 Å². The number of sulfonamides is 1. The Hall–Kier alpha value is -2.14. The van der Waals surface area contributed by atoms with Crippen molar-refractivity contribution in [3.8, 4) is 0 Å². The van der Waals surface area contributed by atoms with Crippen LogP contribution in [-0.4, -0.2) is 14.1 Å². The fourth-order valence-electron chi connectivity index (χ4n) is 2.06. The summed E-state index contributed by atoms with van der Waals surface area (Å²) in [5.74, 6) is 0. The van der Waals surface area contributed by atoms with Gasteiger partial charge in [-0.1, -0.05) is 63.2 Å². The van der Waals surface area contributed by atoms with Gasteiger partial charge in [-0.25, -0.2) is 0 Å². The number of benzene rings is 2. The van der Waals surface area contributed by atoms with Gasteiger partial charge in [0.25, 0.3) is 10.0 Å². The number of rotatable bonds is 4. The highest BCUT2D eigenvalue weighted by Crippen LogP contribution is 2.22. The molecular weight excluding hydrogens is 308 g/mol. The third kappa shape index (κ3) is 4.42. The van der Waals surface area contributed by atoms with Gasteiger partial charge in [-0.05, 0) is 35.6 Å². The van der Waals surface area contributed by atoms with Crippen molar-refractivity contribution in [2.24, 2.45) is 5.10 Å². The minimum atomic E-state index is -3.63. The zero-order chi connectivity index (χ0) is 17.1. The second kappa shape index (κ2) is 6.54. The van der Waals surface area contributed by atoms with Gasteiger partial charge in [0.05, 0.1) is 10.6 Å². The summed E-state index contributed by atoms with van der Waals surface area (Å²) >= 11 is 0. The predicted molar refractivity (Wildman–Crippen MR) is 94.1 cm³/mol. The first-order valence-corrected chi connectivity index (χ1v) is 8.90. The fraction of sp³-hybridized carbons (Fsp3) is 0.278. The van der Waals surface area contributed by atoms with Gasteiger partial charge in [0.1, 0.15) is 0 Å². The fourth-order valence-corrected chi connectivity index (χ4v) is 2.93. The van der Waals surface area contributed by atoms with Gasteiger partial charge in [0.2, 0.25) is 0 Å². The molecule has 0 aliphatic carbocycles. The number of hydrogen-bond acceptors (Lipinski definition) is 3. The maximum atomic E-state index is 12.1. The summed E-state index contributed by atoms with van der Waals surface area (Å²) in [6, 6.07) is 16.2. The Bertz CT molecular complexity index is 787. The molecule has 0 aliphatic heterocycles. The quantitative estimate of drug-likeness (QED) is 0.686. The van der Waals surface area contributed by atoms with Crippen molar-refractivity contribution in [3.05, 3.63) is 65.7 Å². The Morgan fingerprint density at radius 1 is 0.957 bits per heavy atom. The van der Waals surface area contributed by atoms with E-state index < -0.39 is 10.0 Å². The van der Waals surface area contributed by atoms with Gasteiger partial charge < -0.3 is 0 Å². The van der Waals surface area contributed by atoms with E-state index in [0.29, 0.717) is 5.71 Å². The van der Waals surface area contributed by atoms with Gasteiger partial charge in [0.15, 0.2) is 0 Å². The average molecular weight is 330 g/mol. The Labute approximate surface area is 138 Å². The van der Waals surface area contributed by atoms with Gasteiger partial charge in [0, 0.05) is 0 Å². The van der Waals surface area contributed by atoms with E-state index in [4.69, 9.17) is 0 Å². The van der Waals surface area contributed by atoms with Crippen molar-refractivity contribution >= 4 is 15.7 Å². The molecule has 0 aliphatic rings. The van der Waals surface area contributed by atoms with Crippen molar-refractivity contribution in [2.75, 3.05) is 0 Å². The second-order valence-electron chi connectivity index (χ2n) is 6.43. The van der Waals surface area contributed by atoms with Crippen LogP contribution >= 0.6 is 0 Å². The molecule has 2 aromatic rings. The third-order valence-electron chi connectivity index (χ3n) is 3.56. The van der Waals surface area contributed by atoms with Crippen LogP contribution in [0.25, 0.3) is 0 Å². The monoisotopic (exact) mass is 330 g/mol. The first kappa shape index (κ1) is 17.2. The van der Waals surface area contributed by atoms with Crippen molar-refractivity contribution < 1.29 is 8.42 Å². The predicted octanol–water partition coefficient (Wildman–Crippen LogP) is 3.69. The van der Waals surface area contributed by atoms with Gasteiger partial charge in [-0.15, -0.1) is 0 Å². The number of hydrogen-bond donors (Lipinski definition) is 1. The lowest BCUT2D eigenvalue weighted by Crippen LogP contribution is -2.20. The van der Waals surface area contributed by atoms with E-state index in [1.165, 1.54) is 17.7 Å². The van der Waals surface area contributed by atoms with E-state index in [-0.39, 0.29) is 10.3 Å². The van der Waals surface area contributed by atoms with Gasteiger partial charge in [-0.2, -0.15) is 18.4 Å². The zero-order valence-corrected chi connectivity index (χ0v) is 14.7. The molecule has 4 nitrogen and oxygen atoms in total. The molecule has 0 heterocycles. The van der Waals surface area contributed by atoms with Crippen LogP contribution in [0.1, 0.15) is 38.8 Å². The summed E-state index contributed by atoms with van der Waals surface area (Å²) in [6.07, 6.45) is 0. The molecule has 5 heteroatoms. The molecule has 0 unspecified atom stereocenters. The molecule has 0 bridgehead atoms. The van der Waals surface area contributed by atoms with Crippen LogP contribution in [0, 0.1) is 0 Å². The van der Waals surface area contributed by atoms with Crippen molar-refractivity contribution in [2.45, 2.75) is 38.0 Å². The van der Waals surface area contributed by atoms with Crippen molar-refractivity contribution in [3.63, 3.8) is 0 Å². The normalized spacial score (nSPS) is 13.0. The van der Waals surface area contributed by atoms with Crippen molar-refractivity contribution in [1.29, 1.82) is 0 Å². The maximum Gasteiger partial charge on any atom is 0.276 e. The number of hydrazone groups is 1. The molecule has 122 valence electrons. The van der Waals surface area contributed by atoms with E-state index in [0.717, 1.165) is 5.56 Å². The smallest absolute Gasteiger partial charge is 0.200 e. The zero-order valence-electron chi connectivity index (χ0n) is 13.9. The Morgan fingerprint density at radius 3 is 2.04 bits per heavy atom. The van der Waals surface area contributed by atoms with Crippen molar-refractivity contribution in [1.82, 2.24) is 4.83 Å². The molecule has 0 aromatic heterocycles. The molecule has 1 N–H and O–H groups in total. The highest BCUT2D eigenvalue weighted by molar-refractivity contribution is 7.89. The summed E-state index contributed by atoms with van der Waals surface area (Å²) < 4.78 is 24.3. The van der Waals surface area contributed by atoms with E-state index in [9.17, 15) is 8.42 Å². The summed E-state index contributed by atoms with van der Waals surface area (Å²) in [5, 5.41) is 4.01. The SMILES string of the molecule is C/C(=N/NS(=O)(=O)c1ccccc1)c1ccc(C(C)(C)C)cc1. The standard InChI is InChI=1S/C18H22N2O2S/c1-14(15-10-12-16(13-11-15)18(2,3)4)19-20-23(21,22)17-8-6-5-7-9-17/h5-13,20H,1-4H3/b19-14-. The van der Waals surface area contributed by atoms with Crippen LogP contribution in [0.5, 0.6) is 0 Å². The first-order valence-electron chi connectivity index (χ1n) is 7.42. The lowest BCUT2D eigenvalue weighted by Gasteiger charge is -2.19. The average Bonchev–Trinajstić information content (AvgIpc) is 2.53. The molecule has 2 aromatic carbocycles. The molecule has 0 saturated heterocycles. The van der Waals surface area contributed by atoms with Crippen LogP contribution in [-0.2, 0) is 15.4 Å². The molecule has 0 amide bonds. The Balaban J connectivity index is 2.17. The molecule has 2 rings (SSSR count). The minimum absolute atomic E-state index is 0.0818. The van der Waals surface area contributed by atoms with Crippen LogP contribution in [0.2, 0.25) is 0 Å². The van der Waals surface area contributed by atoms with Crippen LogP contribution in [0.4, 0.5) is 0 Å². The first-order chi connectivity index (χ1) is 10.7. The highest BCUT2D eigenvalue weighted by Gasteiger charge is 2.14. The Kier molecular flexibility index (Phi) is 4.90. The molecule has 23 heavy (non-hydrogen) atoms. The lowest BCUT2D eigenvalue weighted by atomic mass is 9.86. The second-order valence-corrected chi connectivity index (χ2v) is 8.09. The Morgan fingerprint density at radius 2 is 1.52 bits per heavy atom. The van der Waals surface area contributed by atoms with E-state index in [1.54, 1.807) is 25.1 Å². The summed E-state index contributed by atoms with van der Waals surface area (Å²) in [6.45, 7) is 8.23. The maximum absolute atomic E-state index is 12.1. The molecule has 0 radical (unpaired) electrons. The third-order valence-corrected chi connectivity index (χ3v) is 4.78. The van der Waals surface area contributed by atoms with E-state index >= 15 is 0 Å². The van der Waals surface area contributed by atoms with Crippen LogP contribution < -0.4 is 4.83 Å². The van der Waals surface area contributed by atoms with Crippen LogP contribution in [0.15, 0.2) is 64.6 Å². The van der Waals surface area contributed by atoms with E-state index in [1.807, 2.05) is 24.3 Å². The topological polar surface area (TPSA) is 58.5 Å². The molecular formula is C18H22N2O2S. The largest absolute Gasteiger partial charge is 0.276 e. The number of nitrogens with zero attached hydrogens (tertiary/aromatic N) is 1. The molecule has 0 spiro atoms. The molecule has 0 saturated carbocycles. The van der Waals surface area contributed by atoms with Gasteiger partial charge in [-0.3, -0.25) is 0 Å². The number of nitrogens with one attached hydrogen (secondary N) is 1. The lowest BCUT2D eigenvalue weighted by molar-refractivity contribution is 0.584. The summed E-state index contributed by atoms with van der Waals surface area (Å²) in [5.41, 5.74) is 2.80. The minimum Gasteiger partial charge on any atom is -0.200 e. The molecule has 0 atom stereocenters. The summed E-state index contributed by atoms with van der Waals surface area (Å²) in [7, 11) is -3.63.